The van der Waals surface area contributed by atoms with Crippen molar-refractivity contribution in [1.82, 2.24) is 30.4 Å². The molecule has 0 bridgehead atoms. The lowest BCUT2D eigenvalue weighted by molar-refractivity contribution is -0.117. The number of amides is 1. The maximum atomic E-state index is 11.9. The van der Waals surface area contributed by atoms with Crippen molar-refractivity contribution in [3.8, 4) is 11.5 Å². The Bertz CT molecular complexity index is 757. The fraction of sp³-hybridized carbons (Fsp3) is 0.250. The predicted octanol–water partition coefficient (Wildman–Crippen LogP) is 0.912. The second kappa shape index (κ2) is 5.19. The standard InChI is InChI=1S/C12H13N7O2/c1-7-3-4-9(21-7)11-8(2)12(16-15-11)14-10(20)5-19-6-13-17-18-19/h3-4,6H,5H2,1-2H3,(H2,14,15,16,20). The Labute approximate surface area is 119 Å². The van der Waals surface area contributed by atoms with Gasteiger partial charge in [0.1, 0.15) is 24.3 Å². The molecule has 0 spiro atoms. The average Bonchev–Trinajstić information content (AvgIpc) is 3.14. The van der Waals surface area contributed by atoms with E-state index in [0.717, 1.165) is 17.0 Å². The van der Waals surface area contributed by atoms with Gasteiger partial charge in [-0.2, -0.15) is 5.10 Å². The molecule has 3 heterocycles. The molecular formula is C12H13N7O2. The quantitative estimate of drug-likeness (QED) is 0.737. The summed E-state index contributed by atoms with van der Waals surface area (Å²) in [6.07, 6.45) is 1.37. The predicted molar refractivity (Wildman–Crippen MR) is 72.2 cm³/mol. The number of hydrogen-bond acceptors (Lipinski definition) is 6. The maximum absolute atomic E-state index is 11.9. The highest BCUT2D eigenvalue weighted by Crippen LogP contribution is 2.27. The van der Waals surface area contributed by atoms with Gasteiger partial charge < -0.3 is 9.73 Å². The number of carbonyl (C=O) groups is 1. The fourth-order valence-electron chi connectivity index (χ4n) is 1.90. The third-order valence-corrected chi connectivity index (χ3v) is 2.95. The Balaban J connectivity index is 1.75. The molecule has 0 aromatic carbocycles. The summed E-state index contributed by atoms with van der Waals surface area (Å²) in [5.74, 6) is 1.68. The van der Waals surface area contributed by atoms with Gasteiger partial charge in [0.05, 0.1) is 0 Å². The normalized spacial score (nSPS) is 10.8. The molecule has 0 fully saturated rings. The molecule has 0 atom stereocenters. The van der Waals surface area contributed by atoms with Crippen LogP contribution in [0.5, 0.6) is 0 Å². The van der Waals surface area contributed by atoms with Gasteiger partial charge in [-0.3, -0.25) is 9.89 Å². The van der Waals surface area contributed by atoms with Crippen LogP contribution in [0.15, 0.2) is 22.9 Å². The molecule has 9 nitrogen and oxygen atoms in total. The number of carbonyl (C=O) groups excluding carboxylic acids is 1. The van der Waals surface area contributed by atoms with Crippen LogP contribution in [0.1, 0.15) is 11.3 Å². The van der Waals surface area contributed by atoms with Crippen molar-refractivity contribution < 1.29 is 9.21 Å². The molecule has 0 radical (unpaired) electrons. The Hall–Kier alpha value is -2.97. The van der Waals surface area contributed by atoms with Crippen molar-refractivity contribution in [1.29, 1.82) is 0 Å². The SMILES string of the molecule is Cc1ccc(-c2[nH]nc(NC(=O)Cn3cnnn3)c2C)o1. The van der Waals surface area contributed by atoms with Gasteiger partial charge in [-0.15, -0.1) is 5.10 Å². The lowest BCUT2D eigenvalue weighted by atomic mass is 10.2. The van der Waals surface area contributed by atoms with E-state index in [0.29, 0.717) is 11.6 Å². The Morgan fingerprint density at radius 1 is 1.43 bits per heavy atom. The van der Waals surface area contributed by atoms with E-state index in [2.05, 4.69) is 31.0 Å². The molecule has 0 aliphatic heterocycles. The number of nitrogens with one attached hydrogen (secondary N) is 2. The van der Waals surface area contributed by atoms with Gasteiger partial charge in [-0.05, 0) is 36.4 Å². The minimum absolute atomic E-state index is 0.0223. The number of rotatable bonds is 4. The molecule has 21 heavy (non-hydrogen) atoms. The Morgan fingerprint density at radius 3 is 2.95 bits per heavy atom. The number of hydrogen-bond donors (Lipinski definition) is 2. The molecule has 108 valence electrons. The summed E-state index contributed by atoms with van der Waals surface area (Å²) in [6.45, 7) is 3.74. The van der Waals surface area contributed by atoms with Gasteiger partial charge in [0.2, 0.25) is 5.91 Å². The highest BCUT2D eigenvalue weighted by atomic mass is 16.3. The molecule has 1 amide bonds. The van der Waals surface area contributed by atoms with Gasteiger partial charge in [0.15, 0.2) is 11.6 Å². The van der Waals surface area contributed by atoms with Crippen LogP contribution in [-0.4, -0.2) is 36.3 Å². The Kier molecular flexibility index (Phi) is 3.22. The van der Waals surface area contributed by atoms with E-state index in [1.54, 1.807) is 0 Å². The number of tetrazole rings is 1. The molecule has 0 aliphatic carbocycles. The summed E-state index contributed by atoms with van der Waals surface area (Å²) in [6, 6.07) is 3.72. The molecule has 3 rings (SSSR count). The topological polar surface area (TPSA) is 115 Å². The summed E-state index contributed by atoms with van der Waals surface area (Å²) in [4.78, 5) is 11.9. The smallest absolute Gasteiger partial charge is 0.247 e. The summed E-state index contributed by atoms with van der Waals surface area (Å²) in [7, 11) is 0. The molecule has 9 heteroatoms. The van der Waals surface area contributed by atoms with Crippen molar-refractivity contribution in [2.24, 2.45) is 0 Å². The van der Waals surface area contributed by atoms with Crippen molar-refractivity contribution in [2.75, 3.05) is 5.32 Å². The second-order valence-electron chi connectivity index (χ2n) is 4.54. The molecule has 0 aliphatic rings. The van der Waals surface area contributed by atoms with Gasteiger partial charge in [0.25, 0.3) is 0 Å². The second-order valence-corrected chi connectivity index (χ2v) is 4.54. The number of anilines is 1. The van der Waals surface area contributed by atoms with Gasteiger partial charge >= 0.3 is 0 Å². The first-order valence-electron chi connectivity index (χ1n) is 6.26. The zero-order valence-electron chi connectivity index (χ0n) is 11.5. The van der Waals surface area contributed by atoms with E-state index >= 15 is 0 Å². The molecule has 2 N–H and O–H groups in total. The molecule has 0 unspecified atom stereocenters. The van der Waals surface area contributed by atoms with Crippen LogP contribution in [-0.2, 0) is 11.3 Å². The van der Waals surface area contributed by atoms with Crippen LogP contribution >= 0.6 is 0 Å². The summed E-state index contributed by atoms with van der Waals surface area (Å²) in [5.41, 5.74) is 1.54. The van der Waals surface area contributed by atoms with E-state index in [1.165, 1.54) is 11.0 Å². The third-order valence-electron chi connectivity index (χ3n) is 2.95. The van der Waals surface area contributed by atoms with Crippen LogP contribution in [0.3, 0.4) is 0 Å². The molecule has 0 saturated heterocycles. The Morgan fingerprint density at radius 2 is 2.29 bits per heavy atom. The number of furan rings is 1. The number of aromatic nitrogens is 6. The summed E-state index contributed by atoms with van der Waals surface area (Å²) in [5, 5.41) is 20.2. The van der Waals surface area contributed by atoms with E-state index < -0.39 is 0 Å². The van der Waals surface area contributed by atoms with E-state index in [4.69, 9.17) is 4.42 Å². The molecular weight excluding hydrogens is 274 g/mol. The first-order valence-corrected chi connectivity index (χ1v) is 6.26. The van der Waals surface area contributed by atoms with Crippen molar-refractivity contribution in [2.45, 2.75) is 20.4 Å². The van der Waals surface area contributed by atoms with Crippen LogP contribution in [0.2, 0.25) is 0 Å². The number of aromatic amines is 1. The van der Waals surface area contributed by atoms with Gasteiger partial charge in [-0.25, -0.2) is 4.68 Å². The molecule has 3 aromatic rings. The monoisotopic (exact) mass is 287 g/mol. The summed E-state index contributed by atoms with van der Waals surface area (Å²) >= 11 is 0. The van der Waals surface area contributed by atoms with Crippen LogP contribution < -0.4 is 5.32 Å². The lowest BCUT2D eigenvalue weighted by Gasteiger charge is -2.02. The van der Waals surface area contributed by atoms with E-state index in [9.17, 15) is 4.79 Å². The van der Waals surface area contributed by atoms with Gasteiger partial charge in [-0.1, -0.05) is 0 Å². The molecule has 0 saturated carbocycles. The zero-order chi connectivity index (χ0) is 14.8. The number of H-pyrrole nitrogens is 1. The average molecular weight is 287 g/mol. The first-order chi connectivity index (χ1) is 10.1. The number of nitrogens with zero attached hydrogens (tertiary/aromatic N) is 5. The van der Waals surface area contributed by atoms with Crippen LogP contribution in [0, 0.1) is 13.8 Å². The van der Waals surface area contributed by atoms with Crippen molar-refractivity contribution in [3.63, 3.8) is 0 Å². The highest BCUT2D eigenvalue weighted by Gasteiger charge is 2.15. The lowest BCUT2D eigenvalue weighted by Crippen LogP contribution is -2.19. The fourth-order valence-corrected chi connectivity index (χ4v) is 1.90. The minimum atomic E-state index is -0.265. The van der Waals surface area contributed by atoms with Crippen LogP contribution in [0.4, 0.5) is 5.82 Å². The van der Waals surface area contributed by atoms with Crippen molar-refractivity contribution >= 4 is 11.7 Å². The van der Waals surface area contributed by atoms with E-state index in [1.807, 2.05) is 26.0 Å². The van der Waals surface area contributed by atoms with Crippen LogP contribution in [0.25, 0.3) is 11.5 Å². The zero-order valence-corrected chi connectivity index (χ0v) is 11.5. The molecule has 3 aromatic heterocycles. The third kappa shape index (κ3) is 2.66. The number of aryl methyl sites for hydroxylation is 1. The first kappa shape index (κ1) is 13.0. The van der Waals surface area contributed by atoms with Gasteiger partial charge in [0, 0.05) is 5.56 Å². The maximum Gasteiger partial charge on any atom is 0.247 e. The largest absolute Gasteiger partial charge is 0.460 e. The summed E-state index contributed by atoms with van der Waals surface area (Å²) < 4.78 is 6.87. The minimum Gasteiger partial charge on any atom is -0.460 e. The van der Waals surface area contributed by atoms with E-state index in [-0.39, 0.29) is 12.5 Å². The highest BCUT2D eigenvalue weighted by molar-refractivity contribution is 5.91. The van der Waals surface area contributed by atoms with Crippen molar-refractivity contribution in [3.05, 3.63) is 29.8 Å².